The molecule has 0 spiro atoms. The van der Waals surface area contributed by atoms with Gasteiger partial charge in [0.25, 0.3) is 5.91 Å². The summed E-state index contributed by atoms with van der Waals surface area (Å²) < 4.78 is 23.1. The van der Waals surface area contributed by atoms with E-state index in [1.165, 1.54) is 31.2 Å². The number of rotatable bonds is 7. The molecule has 0 fully saturated rings. The maximum atomic E-state index is 12.8. The zero-order chi connectivity index (χ0) is 18.2. The number of carbonyl (C=O) groups is 2. The highest BCUT2D eigenvalue weighted by atomic mass is 19.1. The Balaban J connectivity index is 1.74. The fourth-order valence-corrected chi connectivity index (χ4v) is 2.07. The predicted molar refractivity (Wildman–Crippen MR) is 90.5 cm³/mol. The molecule has 0 saturated carbocycles. The van der Waals surface area contributed by atoms with Crippen molar-refractivity contribution >= 4 is 11.9 Å². The molecule has 5 nitrogen and oxygen atoms in total. The predicted octanol–water partition coefficient (Wildman–Crippen LogP) is 2.76. The van der Waals surface area contributed by atoms with Gasteiger partial charge in [0.15, 0.2) is 12.7 Å². The number of hydrogen-bond acceptors (Lipinski definition) is 4. The van der Waals surface area contributed by atoms with Gasteiger partial charge in [0, 0.05) is 6.54 Å². The Morgan fingerprint density at radius 2 is 1.80 bits per heavy atom. The molecule has 0 aliphatic rings. The van der Waals surface area contributed by atoms with Gasteiger partial charge in [-0.05, 0) is 49.2 Å². The molecular weight excluding hydrogens is 325 g/mol. The number of esters is 1. The molecule has 6 heteroatoms. The minimum atomic E-state index is -0.908. The van der Waals surface area contributed by atoms with Crippen LogP contribution in [0, 0.1) is 12.7 Å². The Labute approximate surface area is 145 Å². The van der Waals surface area contributed by atoms with E-state index >= 15 is 0 Å². The first-order valence-corrected chi connectivity index (χ1v) is 7.86. The van der Waals surface area contributed by atoms with Gasteiger partial charge in [0.1, 0.15) is 11.6 Å². The Morgan fingerprint density at radius 1 is 1.12 bits per heavy atom. The van der Waals surface area contributed by atoms with E-state index in [1.807, 2.05) is 31.2 Å². The minimum absolute atomic E-state index is 0.342. The molecule has 132 valence electrons. The average molecular weight is 345 g/mol. The summed E-state index contributed by atoms with van der Waals surface area (Å²) in [6, 6.07) is 13.0. The Hall–Kier alpha value is -2.89. The number of amides is 1. The van der Waals surface area contributed by atoms with E-state index in [-0.39, 0.29) is 6.61 Å². The fourth-order valence-electron chi connectivity index (χ4n) is 2.07. The van der Waals surface area contributed by atoms with Crippen molar-refractivity contribution in [1.29, 1.82) is 0 Å². The van der Waals surface area contributed by atoms with Gasteiger partial charge in [0.2, 0.25) is 0 Å². The molecule has 0 unspecified atom stereocenters. The summed E-state index contributed by atoms with van der Waals surface area (Å²) in [5.74, 6) is -1.12. The highest BCUT2D eigenvalue weighted by Gasteiger charge is 2.17. The first kappa shape index (κ1) is 18.4. The van der Waals surface area contributed by atoms with Crippen molar-refractivity contribution < 1.29 is 23.5 Å². The van der Waals surface area contributed by atoms with Crippen LogP contribution in [0.5, 0.6) is 5.75 Å². The SMILES string of the molecule is Cc1ccccc1CNC(=O)COC(=O)[C@H](C)Oc1ccc(F)cc1. The molecule has 0 aliphatic carbocycles. The minimum Gasteiger partial charge on any atom is -0.479 e. The number of aryl methyl sites for hydroxylation is 1. The third-order valence-corrected chi connectivity index (χ3v) is 3.54. The molecular formula is C19H20FNO4. The molecule has 0 bridgehead atoms. The summed E-state index contributed by atoms with van der Waals surface area (Å²) in [5.41, 5.74) is 2.07. The standard InChI is InChI=1S/C19H20FNO4/c1-13-5-3-4-6-15(13)11-21-18(22)12-24-19(23)14(2)25-17-9-7-16(20)8-10-17/h3-10,14H,11-12H2,1-2H3,(H,21,22)/t14-/m0/s1. The van der Waals surface area contributed by atoms with Crippen LogP contribution in [0.4, 0.5) is 4.39 Å². The first-order valence-electron chi connectivity index (χ1n) is 7.86. The third kappa shape index (κ3) is 5.91. The van der Waals surface area contributed by atoms with Gasteiger partial charge >= 0.3 is 5.97 Å². The van der Waals surface area contributed by atoms with Crippen molar-refractivity contribution in [3.63, 3.8) is 0 Å². The number of benzene rings is 2. The lowest BCUT2D eigenvalue weighted by atomic mass is 10.1. The van der Waals surface area contributed by atoms with Crippen molar-refractivity contribution in [1.82, 2.24) is 5.32 Å². The Morgan fingerprint density at radius 3 is 2.48 bits per heavy atom. The molecule has 2 aromatic carbocycles. The van der Waals surface area contributed by atoms with Gasteiger partial charge in [-0.1, -0.05) is 24.3 Å². The topological polar surface area (TPSA) is 64.6 Å². The Bertz CT molecular complexity index is 730. The zero-order valence-corrected chi connectivity index (χ0v) is 14.1. The fraction of sp³-hybridized carbons (Fsp3) is 0.263. The molecule has 0 radical (unpaired) electrons. The maximum absolute atomic E-state index is 12.8. The molecule has 0 saturated heterocycles. The zero-order valence-electron chi connectivity index (χ0n) is 14.1. The van der Waals surface area contributed by atoms with E-state index in [0.29, 0.717) is 12.3 Å². The lowest BCUT2D eigenvalue weighted by Crippen LogP contribution is -2.32. The van der Waals surface area contributed by atoms with E-state index in [2.05, 4.69) is 5.32 Å². The normalized spacial score (nSPS) is 11.5. The second-order valence-electron chi connectivity index (χ2n) is 5.52. The van der Waals surface area contributed by atoms with Crippen LogP contribution in [0.15, 0.2) is 48.5 Å². The summed E-state index contributed by atoms with van der Waals surface area (Å²) in [5, 5.41) is 2.69. The van der Waals surface area contributed by atoms with E-state index in [1.54, 1.807) is 0 Å². The van der Waals surface area contributed by atoms with Crippen molar-refractivity contribution in [3.8, 4) is 5.75 Å². The van der Waals surface area contributed by atoms with E-state index in [9.17, 15) is 14.0 Å². The average Bonchev–Trinajstić information content (AvgIpc) is 2.60. The lowest BCUT2D eigenvalue weighted by Gasteiger charge is -2.14. The number of ether oxygens (including phenoxy) is 2. The molecule has 0 aliphatic heterocycles. The van der Waals surface area contributed by atoms with Crippen molar-refractivity contribution in [2.45, 2.75) is 26.5 Å². The second-order valence-corrected chi connectivity index (χ2v) is 5.52. The summed E-state index contributed by atoms with van der Waals surface area (Å²) in [4.78, 5) is 23.6. The van der Waals surface area contributed by atoms with Gasteiger partial charge in [0.05, 0.1) is 0 Å². The van der Waals surface area contributed by atoms with Gasteiger partial charge in [-0.15, -0.1) is 0 Å². The van der Waals surface area contributed by atoms with Crippen LogP contribution >= 0.6 is 0 Å². The van der Waals surface area contributed by atoms with Crippen LogP contribution in [0.25, 0.3) is 0 Å². The van der Waals surface area contributed by atoms with E-state index in [4.69, 9.17) is 9.47 Å². The lowest BCUT2D eigenvalue weighted by molar-refractivity contribution is -0.154. The van der Waals surface area contributed by atoms with Crippen LogP contribution < -0.4 is 10.1 Å². The third-order valence-electron chi connectivity index (χ3n) is 3.54. The summed E-state index contributed by atoms with van der Waals surface area (Å²) in [6.45, 7) is 3.43. The van der Waals surface area contributed by atoms with Crippen LogP contribution in [0.1, 0.15) is 18.1 Å². The largest absolute Gasteiger partial charge is 0.479 e. The van der Waals surface area contributed by atoms with Crippen molar-refractivity contribution in [2.75, 3.05) is 6.61 Å². The summed E-state index contributed by atoms with van der Waals surface area (Å²) in [7, 11) is 0. The summed E-state index contributed by atoms with van der Waals surface area (Å²) in [6.07, 6.45) is -0.908. The smallest absolute Gasteiger partial charge is 0.347 e. The van der Waals surface area contributed by atoms with Crippen LogP contribution in [0.2, 0.25) is 0 Å². The molecule has 2 rings (SSSR count). The maximum Gasteiger partial charge on any atom is 0.347 e. The van der Waals surface area contributed by atoms with Crippen LogP contribution in [-0.2, 0) is 20.9 Å². The quantitative estimate of drug-likeness (QED) is 0.784. The van der Waals surface area contributed by atoms with Crippen LogP contribution in [-0.4, -0.2) is 24.6 Å². The molecule has 0 aromatic heterocycles. The first-order chi connectivity index (χ1) is 12.0. The number of halogens is 1. The van der Waals surface area contributed by atoms with Crippen molar-refractivity contribution in [3.05, 3.63) is 65.5 Å². The molecule has 1 atom stereocenters. The highest BCUT2D eigenvalue weighted by molar-refractivity contribution is 5.82. The number of nitrogens with one attached hydrogen (secondary N) is 1. The monoisotopic (exact) mass is 345 g/mol. The highest BCUT2D eigenvalue weighted by Crippen LogP contribution is 2.13. The van der Waals surface area contributed by atoms with E-state index < -0.39 is 23.8 Å². The second kappa shape index (κ2) is 8.82. The van der Waals surface area contributed by atoms with Gasteiger partial charge in [-0.2, -0.15) is 0 Å². The molecule has 1 amide bonds. The van der Waals surface area contributed by atoms with Crippen molar-refractivity contribution in [2.24, 2.45) is 0 Å². The molecule has 0 heterocycles. The number of hydrogen-bond donors (Lipinski definition) is 1. The van der Waals surface area contributed by atoms with Crippen LogP contribution in [0.3, 0.4) is 0 Å². The van der Waals surface area contributed by atoms with Gasteiger partial charge in [-0.25, -0.2) is 9.18 Å². The number of carbonyl (C=O) groups excluding carboxylic acids is 2. The van der Waals surface area contributed by atoms with Gasteiger partial charge < -0.3 is 14.8 Å². The van der Waals surface area contributed by atoms with Gasteiger partial charge in [-0.3, -0.25) is 4.79 Å². The molecule has 1 N–H and O–H groups in total. The van der Waals surface area contributed by atoms with E-state index in [0.717, 1.165) is 11.1 Å². The Kier molecular flexibility index (Phi) is 6.51. The molecule has 25 heavy (non-hydrogen) atoms. The summed E-state index contributed by atoms with van der Waals surface area (Å²) >= 11 is 0. The molecule has 2 aromatic rings.